The van der Waals surface area contributed by atoms with Gasteiger partial charge in [0.2, 0.25) is 0 Å². The number of imidazole rings is 1. The molecule has 1 aliphatic carbocycles. The molecule has 1 fully saturated rings. The summed E-state index contributed by atoms with van der Waals surface area (Å²) in [6, 6.07) is 0.477. The van der Waals surface area contributed by atoms with Crippen molar-refractivity contribution in [3.05, 3.63) is 18.2 Å². The second-order valence-electron chi connectivity index (χ2n) is 4.36. The van der Waals surface area contributed by atoms with Crippen molar-refractivity contribution in [1.82, 2.24) is 14.9 Å². The third-order valence-electron chi connectivity index (χ3n) is 3.36. The summed E-state index contributed by atoms with van der Waals surface area (Å²) >= 11 is 0. The molecule has 0 saturated heterocycles. The molecule has 1 saturated carbocycles. The monoisotopic (exact) mass is 209 g/mol. The first-order chi connectivity index (χ1) is 7.31. The van der Waals surface area contributed by atoms with Crippen LogP contribution in [0.15, 0.2) is 12.5 Å². The van der Waals surface area contributed by atoms with Gasteiger partial charge in [0.05, 0.1) is 12.0 Å². The maximum atomic E-state index is 9.19. The first-order valence-corrected chi connectivity index (χ1v) is 5.60. The van der Waals surface area contributed by atoms with Gasteiger partial charge >= 0.3 is 0 Å². The van der Waals surface area contributed by atoms with Crippen molar-refractivity contribution >= 4 is 0 Å². The highest BCUT2D eigenvalue weighted by Gasteiger charge is 2.25. The highest BCUT2D eigenvalue weighted by atomic mass is 16.3. The van der Waals surface area contributed by atoms with E-state index >= 15 is 0 Å². The van der Waals surface area contributed by atoms with Crippen LogP contribution in [0.3, 0.4) is 0 Å². The molecule has 1 aromatic heterocycles. The van der Waals surface area contributed by atoms with Crippen LogP contribution in [0, 0.1) is 5.92 Å². The lowest BCUT2D eigenvalue weighted by molar-refractivity contribution is 0.204. The normalized spacial score (nSPS) is 26.0. The first-order valence-electron chi connectivity index (χ1n) is 5.60. The number of hydrogen-bond donors (Lipinski definition) is 2. The Labute approximate surface area is 90.3 Å². The largest absolute Gasteiger partial charge is 0.396 e. The second-order valence-corrected chi connectivity index (χ2v) is 4.36. The minimum absolute atomic E-state index is 0.309. The van der Waals surface area contributed by atoms with E-state index in [1.165, 1.54) is 18.5 Å². The first kappa shape index (κ1) is 10.6. The van der Waals surface area contributed by atoms with E-state index in [4.69, 9.17) is 0 Å². The number of aryl methyl sites for hydroxylation is 1. The Morgan fingerprint density at radius 1 is 1.60 bits per heavy atom. The Hall–Kier alpha value is -0.870. The summed E-state index contributed by atoms with van der Waals surface area (Å²) in [5, 5.41) is 12.7. The zero-order valence-corrected chi connectivity index (χ0v) is 9.19. The van der Waals surface area contributed by atoms with Gasteiger partial charge in [-0.25, -0.2) is 4.98 Å². The van der Waals surface area contributed by atoms with Crippen LogP contribution in [-0.2, 0) is 13.6 Å². The molecule has 0 bridgehead atoms. The number of aliphatic hydroxyl groups excluding tert-OH is 1. The second kappa shape index (κ2) is 4.77. The van der Waals surface area contributed by atoms with Gasteiger partial charge < -0.3 is 15.0 Å². The number of nitrogens with zero attached hydrogens (tertiary/aromatic N) is 2. The van der Waals surface area contributed by atoms with Crippen molar-refractivity contribution in [3.63, 3.8) is 0 Å². The number of hydrogen-bond acceptors (Lipinski definition) is 3. The molecular weight excluding hydrogens is 190 g/mol. The molecule has 2 unspecified atom stereocenters. The van der Waals surface area contributed by atoms with Crippen LogP contribution >= 0.6 is 0 Å². The standard InChI is InChI=1S/C11H19N3O/c1-14-8-12-5-10(14)6-13-11-4-2-3-9(11)7-15/h5,8-9,11,13,15H,2-4,6-7H2,1H3. The Bertz CT molecular complexity index is 311. The van der Waals surface area contributed by atoms with Crippen molar-refractivity contribution in [2.45, 2.75) is 31.8 Å². The summed E-state index contributed by atoms with van der Waals surface area (Å²) < 4.78 is 2.02. The molecule has 15 heavy (non-hydrogen) atoms. The summed E-state index contributed by atoms with van der Waals surface area (Å²) in [4.78, 5) is 4.08. The van der Waals surface area contributed by atoms with Crippen LogP contribution in [0.2, 0.25) is 0 Å². The maximum absolute atomic E-state index is 9.19. The molecular formula is C11H19N3O. The molecule has 0 aromatic carbocycles. The van der Waals surface area contributed by atoms with Gasteiger partial charge in [-0.3, -0.25) is 0 Å². The summed E-state index contributed by atoms with van der Waals surface area (Å²) in [7, 11) is 2.00. The van der Waals surface area contributed by atoms with Crippen molar-refractivity contribution in [3.8, 4) is 0 Å². The molecule has 1 aliphatic rings. The zero-order chi connectivity index (χ0) is 10.7. The third kappa shape index (κ3) is 2.38. The van der Waals surface area contributed by atoms with Crippen LogP contribution < -0.4 is 5.32 Å². The Morgan fingerprint density at radius 3 is 3.13 bits per heavy atom. The quantitative estimate of drug-likeness (QED) is 0.766. The minimum Gasteiger partial charge on any atom is -0.396 e. The van der Waals surface area contributed by atoms with E-state index in [2.05, 4.69) is 10.3 Å². The molecule has 4 heteroatoms. The zero-order valence-electron chi connectivity index (χ0n) is 9.19. The molecule has 0 amide bonds. The predicted molar refractivity (Wildman–Crippen MR) is 58.3 cm³/mol. The summed E-state index contributed by atoms with van der Waals surface area (Å²) in [5.74, 6) is 0.443. The fraction of sp³-hybridized carbons (Fsp3) is 0.727. The van der Waals surface area contributed by atoms with Crippen LogP contribution in [0.4, 0.5) is 0 Å². The highest BCUT2D eigenvalue weighted by Crippen LogP contribution is 2.25. The molecule has 0 radical (unpaired) electrons. The van der Waals surface area contributed by atoms with Crippen molar-refractivity contribution in [2.24, 2.45) is 13.0 Å². The average molecular weight is 209 g/mol. The maximum Gasteiger partial charge on any atom is 0.0945 e. The number of nitrogens with one attached hydrogen (secondary N) is 1. The number of rotatable bonds is 4. The third-order valence-corrected chi connectivity index (χ3v) is 3.36. The summed E-state index contributed by atoms with van der Waals surface area (Å²) in [6.45, 7) is 1.15. The predicted octanol–water partition coefficient (Wildman–Crippen LogP) is 0.671. The van der Waals surface area contributed by atoms with Crippen molar-refractivity contribution in [1.29, 1.82) is 0 Å². The lowest BCUT2D eigenvalue weighted by Crippen LogP contribution is -2.33. The lowest BCUT2D eigenvalue weighted by atomic mass is 10.1. The minimum atomic E-state index is 0.309. The van der Waals surface area contributed by atoms with Gasteiger partial charge in [0, 0.05) is 32.4 Å². The van der Waals surface area contributed by atoms with Gasteiger partial charge in [0.25, 0.3) is 0 Å². The van der Waals surface area contributed by atoms with Crippen molar-refractivity contribution in [2.75, 3.05) is 6.61 Å². The molecule has 4 nitrogen and oxygen atoms in total. The highest BCUT2D eigenvalue weighted by molar-refractivity contribution is 4.98. The average Bonchev–Trinajstić information content (AvgIpc) is 2.83. The van der Waals surface area contributed by atoms with Crippen LogP contribution in [0.1, 0.15) is 25.0 Å². The summed E-state index contributed by atoms with van der Waals surface area (Å²) in [6.07, 6.45) is 7.27. The van der Waals surface area contributed by atoms with Gasteiger partial charge in [0.1, 0.15) is 0 Å². The number of aromatic nitrogens is 2. The molecule has 1 heterocycles. The Balaban J connectivity index is 1.85. The smallest absolute Gasteiger partial charge is 0.0945 e. The van der Waals surface area contributed by atoms with Gasteiger partial charge in [-0.15, -0.1) is 0 Å². The summed E-state index contributed by atoms with van der Waals surface area (Å²) in [5.41, 5.74) is 1.19. The fourth-order valence-corrected chi connectivity index (χ4v) is 2.31. The molecule has 0 aliphatic heterocycles. The Morgan fingerprint density at radius 2 is 2.47 bits per heavy atom. The fourth-order valence-electron chi connectivity index (χ4n) is 2.31. The molecule has 1 aromatic rings. The van der Waals surface area contributed by atoms with Gasteiger partial charge in [0.15, 0.2) is 0 Å². The van der Waals surface area contributed by atoms with E-state index in [0.29, 0.717) is 18.6 Å². The number of aliphatic hydroxyl groups is 1. The van der Waals surface area contributed by atoms with E-state index in [-0.39, 0.29) is 0 Å². The van der Waals surface area contributed by atoms with Gasteiger partial charge in [-0.05, 0) is 18.8 Å². The van der Waals surface area contributed by atoms with Crippen LogP contribution in [0.5, 0.6) is 0 Å². The molecule has 2 atom stereocenters. The molecule has 84 valence electrons. The van der Waals surface area contributed by atoms with E-state index in [0.717, 1.165) is 13.0 Å². The van der Waals surface area contributed by atoms with Gasteiger partial charge in [-0.2, -0.15) is 0 Å². The molecule has 0 spiro atoms. The topological polar surface area (TPSA) is 50.1 Å². The van der Waals surface area contributed by atoms with Gasteiger partial charge in [-0.1, -0.05) is 6.42 Å². The van der Waals surface area contributed by atoms with Crippen molar-refractivity contribution < 1.29 is 5.11 Å². The van der Waals surface area contributed by atoms with E-state index < -0.39 is 0 Å². The lowest BCUT2D eigenvalue weighted by Gasteiger charge is -2.18. The van der Waals surface area contributed by atoms with E-state index in [9.17, 15) is 5.11 Å². The Kier molecular flexibility index (Phi) is 3.38. The molecule has 2 N–H and O–H groups in total. The van der Waals surface area contributed by atoms with Crippen LogP contribution in [0.25, 0.3) is 0 Å². The van der Waals surface area contributed by atoms with Crippen LogP contribution in [-0.4, -0.2) is 27.3 Å². The molecule has 2 rings (SSSR count). The van der Waals surface area contributed by atoms with E-state index in [1.807, 2.05) is 24.1 Å². The van der Waals surface area contributed by atoms with E-state index in [1.54, 1.807) is 0 Å². The SMILES string of the molecule is Cn1cncc1CNC1CCCC1CO.